The summed E-state index contributed by atoms with van der Waals surface area (Å²) in [6.45, 7) is 5.34. The lowest BCUT2D eigenvalue weighted by atomic mass is 9.98. The molecule has 54 heavy (non-hydrogen) atoms. The van der Waals surface area contributed by atoms with Crippen molar-refractivity contribution in [2.24, 2.45) is 5.73 Å². The number of carbonyl (C=O) groups excluding carboxylic acids is 4. The summed E-state index contributed by atoms with van der Waals surface area (Å²) in [5.41, 5.74) is 11.0. The number of likely N-dealkylation sites (tertiary alicyclic amines) is 1. The molecule has 5 rings (SSSR count). The van der Waals surface area contributed by atoms with Gasteiger partial charge in [-0.2, -0.15) is 0 Å². The van der Waals surface area contributed by atoms with Gasteiger partial charge < -0.3 is 31.7 Å². The number of nitrogens with two attached hydrogens (primary N) is 1. The number of amides is 3. The Morgan fingerprint density at radius 3 is 2.20 bits per heavy atom. The zero-order valence-electron chi connectivity index (χ0n) is 30.6. The van der Waals surface area contributed by atoms with E-state index in [4.69, 9.17) is 22.1 Å². The molecule has 13 nitrogen and oxygen atoms in total. The van der Waals surface area contributed by atoms with Gasteiger partial charge in [-0.3, -0.25) is 34.0 Å². The Morgan fingerprint density at radius 1 is 0.870 bits per heavy atom. The molecule has 0 radical (unpaired) electrons. The number of hydrogen-bond donors (Lipinski definition) is 5. The first-order valence-corrected chi connectivity index (χ1v) is 18.5. The monoisotopic (exact) mass is 754 g/mol. The number of esters is 1. The molecule has 1 saturated heterocycles. The molecular weight excluding hydrogens is 708 g/mol. The lowest BCUT2D eigenvalue weighted by Crippen LogP contribution is -2.44. The van der Waals surface area contributed by atoms with Crippen LogP contribution >= 0.6 is 11.6 Å². The van der Waals surface area contributed by atoms with Crippen LogP contribution in [-0.4, -0.2) is 77.9 Å². The molecule has 0 bridgehead atoms. The summed E-state index contributed by atoms with van der Waals surface area (Å²) >= 11 is 6.88. The molecule has 4 aromatic rings. The number of nitrogens with one attached hydrogen (secondary N) is 4. The van der Waals surface area contributed by atoms with Gasteiger partial charge in [-0.15, -0.1) is 0 Å². The highest BCUT2D eigenvalue weighted by molar-refractivity contribution is 6.36. The fraction of sp³-hybridized carbons (Fsp3) is 0.350. The topological polar surface area (TPSA) is 181 Å². The normalized spacial score (nSPS) is 14.3. The molecule has 0 unspecified atom stereocenters. The van der Waals surface area contributed by atoms with Gasteiger partial charge in [0.25, 0.3) is 11.8 Å². The number of aromatic nitrogens is 2. The molecular formula is C40H47ClN8O5. The van der Waals surface area contributed by atoms with Gasteiger partial charge in [-0.25, -0.2) is 0 Å². The lowest BCUT2D eigenvalue weighted by molar-refractivity contribution is -0.148. The number of ether oxygens (including phenoxy) is 1. The molecule has 1 aliphatic heterocycles. The van der Waals surface area contributed by atoms with E-state index in [0.717, 1.165) is 48.1 Å². The fourth-order valence-electron chi connectivity index (χ4n) is 6.28. The average Bonchev–Trinajstić information content (AvgIpc) is 3.19. The quantitative estimate of drug-likeness (QED) is 0.0765. The summed E-state index contributed by atoms with van der Waals surface area (Å²) in [7, 11) is 1.41. The van der Waals surface area contributed by atoms with Gasteiger partial charge in [-0.1, -0.05) is 54.4 Å². The molecule has 2 aromatic heterocycles. The molecule has 0 saturated carbocycles. The maximum atomic E-state index is 13.2. The van der Waals surface area contributed by atoms with Crippen molar-refractivity contribution in [2.75, 3.05) is 43.9 Å². The molecule has 284 valence electrons. The SMILES string of the molecule is COC(=O)[C@@H]1CCCCN1Cc1ccc(C(=O)Nc2cccc(-c3cccc(NC(=O)c4ccc(CNCCNC(=O)CCCN)cn4)c3C)c2Cl)nc1. The average molecular weight is 755 g/mol. The Bertz CT molecular complexity index is 1920. The van der Waals surface area contributed by atoms with Crippen molar-refractivity contribution in [2.45, 2.75) is 58.2 Å². The van der Waals surface area contributed by atoms with Gasteiger partial charge in [-0.05, 0) is 85.8 Å². The third-order valence-electron chi connectivity index (χ3n) is 9.27. The third kappa shape index (κ3) is 10.7. The standard InChI is InChI=1S/C40H47ClN8O5/c1-26-29(8-5-10-31(26)47-38(51)33-16-14-27(23-45-33)22-43-19-20-44-36(50)13-7-18-42)30-9-6-11-32(37(30)41)48-39(52)34-17-15-28(24-46-34)25-49-21-4-3-12-35(49)40(53)54-2/h5-6,8-11,14-17,23-24,35,43H,3-4,7,12-13,18-22,25,42H2,1-2H3,(H,44,50)(H,47,51)(H,48,52)/t35-/m0/s1. The minimum absolute atomic E-state index is 0.0148. The number of nitrogens with zero attached hydrogens (tertiary/aromatic N) is 3. The number of benzene rings is 2. The highest BCUT2D eigenvalue weighted by Crippen LogP contribution is 2.37. The molecule has 3 amide bonds. The van der Waals surface area contributed by atoms with Crippen LogP contribution < -0.4 is 27.0 Å². The minimum atomic E-state index is -0.416. The summed E-state index contributed by atoms with van der Waals surface area (Å²) in [4.78, 5) is 61.2. The van der Waals surface area contributed by atoms with E-state index in [0.29, 0.717) is 67.5 Å². The van der Waals surface area contributed by atoms with Gasteiger partial charge in [0.2, 0.25) is 5.91 Å². The van der Waals surface area contributed by atoms with E-state index in [1.807, 2.05) is 37.3 Å². The van der Waals surface area contributed by atoms with E-state index in [-0.39, 0.29) is 35.2 Å². The highest BCUT2D eigenvalue weighted by Gasteiger charge is 2.29. The van der Waals surface area contributed by atoms with Gasteiger partial charge >= 0.3 is 5.97 Å². The van der Waals surface area contributed by atoms with E-state index in [9.17, 15) is 19.2 Å². The predicted molar refractivity (Wildman–Crippen MR) is 209 cm³/mol. The van der Waals surface area contributed by atoms with Crippen LogP contribution in [0.25, 0.3) is 11.1 Å². The van der Waals surface area contributed by atoms with Crippen molar-refractivity contribution in [3.63, 3.8) is 0 Å². The molecule has 0 aliphatic carbocycles. The zero-order chi connectivity index (χ0) is 38.5. The van der Waals surface area contributed by atoms with Crippen molar-refractivity contribution < 1.29 is 23.9 Å². The summed E-state index contributed by atoms with van der Waals surface area (Å²) in [6.07, 6.45) is 7.13. The Kier molecular flexibility index (Phi) is 14.6. The molecule has 2 aromatic carbocycles. The minimum Gasteiger partial charge on any atom is -0.468 e. The molecule has 14 heteroatoms. The highest BCUT2D eigenvalue weighted by atomic mass is 35.5. The fourth-order valence-corrected chi connectivity index (χ4v) is 6.55. The number of pyridine rings is 2. The molecule has 0 spiro atoms. The lowest BCUT2D eigenvalue weighted by Gasteiger charge is -2.33. The second kappa shape index (κ2) is 19.7. The second-order valence-corrected chi connectivity index (χ2v) is 13.5. The van der Waals surface area contributed by atoms with Gasteiger partial charge in [0.15, 0.2) is 0 Å². The number of anilines is 2. The first kappa shape index (κ1) is 40.0. The zero-order valence-corrected chi connectivity index (χ0v) is 31.4. The number of piperidine rings is 1. The second-order valence-electron chi connectivity index (χ2n) is 13.1. The molecule has 3 heterocycles. The van der Waals surface area contributed by atoms with Crippen molar-refractivity contribution in [3.8, 4) is 11.1 Å². The summed E-state index contributed by atoms with van der Waals surface area (Å²) in [6, 6.07) is 17.6. The number of carbonyl (C=O) groups is 4. The summed E-state index contributed by atoms with van der Waals surface area (Å²) in [5.74, 6) is -1.02. The van der Waals surface area contributed by atoms with Crippen LogP contribution in [-0.2, 0) is 27.4 Å². The van der Waals surface area contributed by atoms with Crippen LogP contribution in [0.4, 0.5) is 11.4 Å². The van der Waals surface area contributed by atoms with Crippen LogP contribution in [0.5, 0.6) is 0 Å². The van der Waals surface area contributed by atoms with E-state index in [1.165, 1.54) is 7.11 Å². The molecule has 1 atom stereocenters. The Labute approximate surface area is 320 Å². The summed E-state index contributed by atoms with van der Waals surface area (Å²) < 4.78 is 4.99. The van der Waals surface area contributed by atoms with Crippen LogP contribution in [0.15, 0.2) is 73.1 Å². The Hall–Kier alpha value is -5.21. The number of rotatable bonds is 16. The summed E-state index contributed by atoms with van der Waals surface area (Å²) in [5, 5.41) is 12.3. The molecule has 1 fully saturated rings. The molecule has 6 N–H and O–H groups in total. The molecule has 1 aliphatic rings. The van der Waals surface area contributed by atoms with Gasteiger partial charge in [0.05, 0.1) is 17.8 Å². The predicted octanol–water partition coefficient (Wildman–Crippen LogP) is 5.08. The van der Waals surface area contributed by atoms with Crippen LogP contribution in [0.1, 0.15) is 69.8 Å². The van der Waals surface area contributed by atoms with Crippen LogP contribution in [0.3, 0.4) is 0 Å². The first-order chi connectivity index (χ1) is 26.2. The van der Waals surface area contributed by atoms with Gasteiger partial charge in [0.1, 0.15) is 17.4 Å². The van der Waals surface area contributed by atoms with E-state index >= 15 is 0 Å². The van der Waals surface area contributed by atoms with Gasteiger partial charge in [0, 0.05) is 56.2 Å². The smallest absolute Gasteiger partial charge is 0.323 e. The van der Waals surface area contributed by atoms with E-state index < -0.39 is 5.91 Å². The largest absolute Gasteiger partial charge is 0.468 e. The van der Waals surface area contributed by atoms with E-state index in [1.54, 1.807) is 42.7 Å². The van der Waals surface area contributed by atoms with Crippen molar-refractivity contribution in [1.29, 1.82) is 0 Å². The van der Waals surface area contributed by atoms with E-state index in [2.05, 4.69) is 36.1 Å². The maximum absolute atomic E-state index is 13.2. The maximum Gasteiger partial charge on any atom is 0.323 e. The number of hydrogen-bond acceptors (Lipinski definition) is 10. The van der Waals surface area contributed by atoms with Crippen LogP contribution in [0.2, 0.25) is 5.02 Å². The number of halogens is 1. The van der Waals surface area contributed by atoms with Crippen molar-refractivity contribution in [3.05, 3.63) is 106 Å². The number of methoxy groups -OCH3 is 1. The third-order valence-corrected chi connectivity index (χ3v) is 9.67. The first-order valence-electron chi connectivity index (χ1n) is 18.1. The Balaban J connectivity index is 1.18. The van der Waals surface area contributed by atoms with Crippen molar-refractivity contribution in [1.82, 2.24) is 25.5 Å². The van der Waals surface area contributed by atoms with Crippen LogP contribution in [0, 0.1) is 6.92 Å². The Morgan fingerprint density at radius 2 is 1.54 bits per heavy atom. The van der Waals surface area contributed by atoms with Crippen molar-refractivity contribution >= 4 is 46.7 Å².